The van der Waals surface area contributed by atoms with Gasteiger partial charge in [0.1, 0.15) is 12.4 Å². The van der Waals surface area contributed by atoms with Crippen LogP contribution in [0.4, 0.5) is 0 Å². The largest absolute Gasteiger partial charge is 0.489 e. The van der Waals surface area contributed by atoms with E-state index in [-0.39, 0.29) is 11.9 Å². The van der Waals surface area contributed by atoms with Crippen LogP contribution in [-0.4, -0.2) is 22.3 Å². The Balaban J connectivity index is 1.35. The summed E-state index contributed by atoms with van der Waals surface area (Å²) in [7, 11) is 0. The number of likely N-dealkylation sites (tertiary alicyclic amines) is 1. The highest BCUT2D eigenvalue weighted by molar-refractivity contribution is 5.92. The normalized spacial score (nSPS) is 16.3. The fourth-order valence-electron chi connectivity index (χ4n) is 3.64. The van der Waals surface area contributed by atoms with E-state index in [0.717, 1.165) is 36.3 Å². The maximum absolute atomic E-state index is 12.7. The maximum atomic E-state index is 12.7. The summed E-state index contributed by atoms with van der Waals surface area (Å²) in [5.41, 5.74) is 3.21. The topological polar surface area (TPSA) is 42.4 Å². The van der Waals surface area contributed by atoms with Crippen LogP contribution in [0.5, 0.6) is 5.75 Å². The van der Waals surface area contributed by atoms with Gasteiger partial charge in [0.05, 0.1) is 6.04 Å². The number of hydrogen-bond donors (Lipinski definition) is 0. The highest BCUT2D eigenvalue weighted by Crippen LogP contribution is 2.32. The van der Waals surface area contributed by atoms with Gasteiger partial charge in [-0.05, 0) is 48.2 Å². The number of benzene rings is 2. The summed E-state index contributed by atoms with van der Waals surface area (Å²) in [6.45, 7) is 1.29. The Bertz CT molecular complexity index is 953. The molecule has 0 bridgehead atoms. The first kappa shape index (κ1) is 18.9. The molecule has 1 aromatic heterocycles. The Morgan fingerprint density at radius 1 is 1.07 bits per heavy atom. The van der Waals surface area contributed by atoms with Gasteiger partial charge in [-0.2, -0.15) is 0 Å². The second-order valence-electron chi connectivity index (χ2n) is 7.15. The Hall–Kier alpha value is -3.40. The van der Waals surface area contributed by atoms with Crippen LogP contribution in [0, 0.1) is 0 Å². The first-order valence-electron chi connectivity index (χ1n) is 9.95. The van der Waals surface area contributed by atoms with Crippen LogP contribution in [-0.2, 0) is 11.4 Å². The van der Waals surface area contributed by atoms with E-state index in [0.29, 0.717) is 6.61 Å². The number of amides is 1. The van der Waals surface area contributed by atoms with E-state index in [1.165, 1.54) is 5.56 Å². The number of nitrogens with zero attached hydrogens (tertiary/aromatic N) is 2. The summed E-state index contributed by atoms with van der Waals surface area (Å²) in [5, 5.41) is 0. The van der Waals surface area contributed by atoms with Gasteiger partial charge < -0.3 is 9.64 Å². The molecule has 3 aromatic rings. The molecular formula is C25H24N2O2. The van der Waals surface area contributed by atoms with E-state index in [1.54, 1.807) is 18.5 Å². The maximum Gasteiger partial charge on any atom is 0.247 e. The Labute approximate surface area is 171 Å². The van der Waals surface area contributed by atoms with Crippen molar-refractivity contribution in [2.24, 2.45) is 0 Å². The summed E-state index contributed by atoms with van der Waals surface area (Å²) in [4.78, 5) is 18.8. The zero-order valence-electron chi connectivity index (χ0n) is 16.3. The molecule has 0 saturated carbocycles. The number of aromatic nitrogens is 1. The van der Waals surface area contributed by atoms with Crippen molar-refractivity contribution in [1.29, 1.82) is 0 Å². The lowest BCUT2D eigenvalue weighted by Gasteiger charge is -2.23. The Morgan fingerprint density at radius 2 is 1.90 bits per heavy atom. The molecule has 0 spiro atoms. The molecule has 2 heterocycles. The minimum absolute atomic E-state index is 0.0632. The first-order chi connectivity index (χ1) is 14.3. The molecule has 4 rings (SSSR count). The van der Waals surface area contributed by atoms with E-state index in [1.807, 2.05) is 65.6 Å². The third kappa shape index (κ3) is 4.91. The van der Waals surface area contributed by atoms with Crippen LogP contribution in [0.2, 0.25) is 0 Å². The molecule has 1 fully saturated rings. The van der Waals surface area contributed by atoms with Crippen molar-refractivity contribution in [2.75, 3.05) is 6.54 Å². The molecule has 146 valence electrons. The van der Waals surface area contributed by atoms with E-state index >= 15 is 0 Å². The van der Waals surface area contributed by atoms with Gasteiger partial charge in [-0.1, -0.05) is 48.5 Å². The first-order valence-corrected chi connectivity index (χ1v) is 9.95. The minimum atomic E-state index is 0.0632. The van der Waals surface area contributed by atoms with Gasteiger partial charge in [-0.25, -0.2) is 0 Å². The average molecular weight is 384 g/mol. The zero-order valence-corrected chi connectivity index (χ0v) is 16.3. The molecule has 0 N–H and O–H groups in total. The number of carbonyl (C=O) groups excluding carboxylic acids is 1. The number of hydrogen-bond acceptors (Lipinski definition) is 3. The Morgan fingerprint density at radius 3 is 2.66 bits per heavy atom. The van der Waals surface area contributed by atoms with Gasteiger partial charge in [0.2, 0.25) is 5.91 Å². The van der Waals surface area contributed by atoms with Crippen molar-refractivity contribution in [2.45, 2.75) is 25.5 Å². The van der Waals surface area contributed by atoms with Crippen molar-refractivity contribution in [3.63, 3.8) is 0 Å². The fraction of sp³-hybridized carbons (Fsp3) is 0.200. The number of pyridine rings is 1. The molecular weight excluding hydrogens is 360 g/mol. The second-order valence-corrected chi connectivity index (χ2v) is 7.15. The third-order valence-corrected chi connectivity index (χ3v) is 5.15. The molecule has 2 aromatic carbocycles. The SMILES string of the molecule is O=C(/C=C/c1ccc(OCc2cccnc2)cc1)N1CCC[C@H]1c1ccccc1. The van der Waals surface area contributed by atoms with Crippen molar-refractivity contribution in [3.05, 3.63) is 102 Å². The van der Waals surface area contributed by atoms with E-state index < -0.39 is 0 Å². The van der Waals surface area contributed by atoms with Gasteiger partial charge in [-0.15, -0.1) is 0 Å². The van der Waals surface area contributed by atoms with Gasteiger partial charge >= 0.3 is 0 Å². The predicted molar refractivity (Wildman–Crippen MR) is 114 cm³/mol. The lowest BCUT2D eigenvalue weighted by Crippen LogP contribution is -2.28. The highest BCUT2D eigenvalue weighted by Gasteiger charge is 2.28. The molecule has 0 aliphatic carbocycles. The standard InChI is InChI=1S/C25H24N2O2/c28-25(27-17-5-9-24(27)22-7-2-1-3-8-22)15-12-20-10-13-23(14-11-20)29-19-21-6-4-16-26-18-21/h1-4,6-8,10-16,18,24H,5,9,17,19H2/b15-12+/t24-/m0/s1. The van der Waals surface area contributed by atoms with Gasteiger partial charge in [0.15, 0.2) is 0 Å². The molecule has 4 nitrogen and oxygen atoms in total. The lowest BCUT2D eigenvalue weighted by atomic mass is 10.0. The summed E-state index contributed by atoms with van der Waals surface area (Å²) in [6, 6.07) is 22.1. The highest BCUT2D eigenvalue weighted by atomic mass is 16.5. The van der Waals surface area contributed by atoms with Crippen molar-refractivity contribution >= 4 is 12.0 Å². The molecule has 0 radical (unpaired) electrons. The van der Waals surface area contributed by atoms with Gasteiger partial charge in [0, 0.05) is 30.6 Å². The second kappa shape index (κ2) is 9.20. The van der Waals surface area contributed by atoms with Crippen molar-refractivity contribution < 1.29 is 9.53 Å². The summed E-state index contributed by atoms with van der Waals surface area (Å²) in [6.07, 6.45) is 9.15. The van der Waals surface area contributed by atoms with Gasteiger partial charge in [-0.3, -0.25) is 9.78 Å². The Kier molecular flexibility index (Phi) is 6.01. The number of rotatable bonds is 6. The average Bonchev–Trinajstić information content (AvgIpc) is 3.28. The molecule has 29 heavy (non-hydrogen) atoms. The fourth-order valence-corrected chi connectivity index (χ4v) is 3.64. The van der Waals surface area contributed by atoms with E-state index in [4.69, 9.17) is 4.74 Å². The lowest BCUT2D eigenvalue weighted by molar-refractivity contribution is -0.126. The molecule has 1 aliphatic heterocycles. The van der Waals surface area contributed by atoms with E-state index in [9.17, 15) is 4.79 Å². The van der Waals surface area contributed by atoms with Crippen LogP contribution in [0.25, 0.3) is 6.08 Å². The summed E-state index contributed by atoms with van der Waals surface area (Å²) < 4.78 is 5.78. The number of ether oxygens (including phenoxy) is 1. The van der Waals surface area contributed by atoms with Gasteiger partial charge in [0.25, 0.3) is 0 Å². The third-order valence-electron chi connectivity index (χ3n) is 5.15. The number of carbonyl (C=O) groups is 1. The van der Waals surface area contributed by atoms with Crippen LogP contribution in [0.1, 0.15) is 35.6 Å². The predicted octanol–water partition coefficient (Wildman–Crippen LogP) is 5.04. The van der Waals surface area contributed by atoms with E-state index in [2.05, 4.69) is 17.1 Å². The molecule has 4 heteroatoms. The summed E-state index contributed by atoms with van der Waals surface area (Å²) >= 11 is 0. The van der Waals surface area contributed by atoms with Crippen LogP contribution < -0.4 is 4.74 Å². The zero-order chi connectivity index (χ0) is 19.9. The monoisotopic (exact) mass is 384 g/mol. The quantitative estimate of drug-likeness (QED) is 0.559. The van der Waals surface area contributed by atoms with Crippen molar-refractivity contribution in [1.82, 2.24) is 9.88 Å². The molecule has 1 atom stereocenters. The minimum Gasteiger partial charge on any atom is -0.489 e. The van der Waals surface area contributed by atoms with Crippen LogP contribution in [0.15, 0.2) is 85.2 Å². The molecule has 1 saturated heterocycles. The summed E-state index contributed by atoms with van der Waals surface area (Å²) in [5.74, 6) is 0.856. The van der Waals surface area contributed by atoms with Crippen molar-refractivity contribution in [3.8, 4) is 5.75 Å². The molecule has 1 amide bonds. The molecule has 0 unspecified atom stereocenters. The smallest absolute Gasteiger partial charge is 0.247 e. The molecule has 1 aliphatic rings. The van der Waals surface area contributed by atoms with Crippen LogP contribution in [0.3, 0.4) is 0 Å². The van der Waals surface area contributed by atoms with Crippen LogP contribution >= 0.6 is 0 Å².